The molecule has 2 aromatic carbocycles. The quantitative estimate of drug-likeness (QED) is 0.916. The summed E-state index contributed by atoms with van der Waals surface area (Å²) in [6.07, 6.45) is 2.11. The molecular weight excluding hydrogens is 306 g/mol. The number of ketones is 1. The Morgan fingerprint density at radius 3 is 2.79 bits per heavy atom. The number of hydrogen-bond donors (Lipinski definition) is 1. The highest BCUT2D eigenvalue weighted by Crippen LogP contribution is 2.45. The van der Waals surface area contributed by atoms with Gasteiger partial charge in [-0.25, -0.2) is 0 Å². The summed E-state index contributed by atoms with van der Waals surface area (Å²) < 4.78 is 11.1. The van der Waals surface area contributed by atoms with Crippen molar-refractivity contribution in [2.75, 3.05) is 11.7 Å². The Labute approximate surface area is 139 Å². The zero-order valence-electron chi connectivity index (χ0n) is 13.2. The maximum Gasteiger partial charge on any atom is 0.231 e. The zero-order chi connectivity index (χ0) is 16.7. The Morgan fingerprint density at radius 1 is 1.12 bits per heavy atom. The number of benzene rings is 2. The molecule has 5 nitrogen and oxygen atoms in total. The molecule has 0 bridgehead atoms. The molecule has 122 valence electrons. The third kappa shape index (κ3) is 2.29. The van der Waals surface area contributed by atoms with Crippen LogP contribution in [0.15, 0.2) is 54.2 Å². The standard InChI is InChI=1S/C19H17NO4/c1-12-10-20(14-6-2-3-7-16(14)21)15(9-17(12)22)13-5-4-8-18-19(13)24-11-23-18/h2-8,10,15,21H,9,11H2,1H3/t15-/m0/s1. The zero-order valence-corrected chi connectivity index (χ0v) is 13.2. The lowest BCUT2D eigenvalue weighted by atomic mass is 9.92. The summed E-state index contributed by atoms with van der Waals surface area (Å²) >= 11 is 0. The maximum absolute atomic E-state index is 12.3. The Hall–Kier alpha value is -2.95. The van der Waals surface area contributed by atoms with E-state index in [-0.39, 0.29) is 24.4 Å². The third-order valence-corrected chi connectivity index (χ3v) is 4.43. The van der Waals surface area contributed by atoms with E-state index >= 15 is 0 Å². The van der Waals surface area contributed by atoms with E-state index in [2.05, 4.69) is 0 Å². The normalized spacial score (nSPS) is 19.4. The van der Waals surface area contributed by atoms with Crippen LogP contribution in [0.5, 0.6) is 17.2 Å². The molecule has 0 aromatic heterocycles. The van der Waals surface area contributed by atoms with E-state index < -0.39 is 0 Å². The number of phenols is 1. The molecule has 24 heavy (non-hydrogen) atoms. The van der Waals surface area contributed by atoms with Crippen LogP contribution >= 0.6 is 0 Å². The van der Waals surface area contributed by atoms with Gasteiger partial charge in [-0.15, -0.1) is 0 Å². The lowest BCUT2D eigenvalue weighted by Crippen LogP contribution is -2.31. The largest absolute Gasteiger partial charge is 0.506 e. The van der Waals surface area contributed by atoms with Gasteiger partial charge >= 0.3 is 0 Å². The van der Waals surface area contributed by atoms with Crippen LogP contribution in [-0.2, 0) is 4.79 Å². The average Bonchev–Trinajstić information content (AvgIpc) is 3.06. The number of nitrogens with zero attached hydrogens (tertiary/aromatic N) is 1. The molecule has 0 aliphatic carbocycles. The lowest BCUT2D eigenvalue weighted by Gasteiger charge is -2.35. The number of rotatable bonds is 2. The first-order valence-corrected chi connectivity index (χ1v) is 7.81. The van der Waals surface area contributed by atoms with Gasteiger partial charge < -0.3 is 19.5 Å². The molecule has 0 saturated carbocycles. The summed E-state index contributed by atoms with van der Waals surface area (Å²) in [4.78, 5) is 14.2. The Bertz CT molecular complexity index is 843. The summed E-state index contributed by atoms with van der Waals surface area (Å²) in [6.45, 7) is 1.97. The number of hydrogen-bond acceptors (Lipinski definition) is 5. The Balaban J connectivity index is 1.85. The highest BCUT2D eigenvalue weighted by atomic mass is 16.7. The summed E-state index contributed by atoms with van der Waals surface area (Å²) in [5, 5.41) is 10.3. The molecule has 2 aromatic rings. The van der Waals surface area contributed by atoms with Gasteiger partial charge in [0.1, 0.15) is 5.75 Å². The molecule has 2 heterocycles. The topological polar surface area (TPSA) is 59.0 Å². The summed E-state index contributed by atoms with van der Waals surface area (Å²) in [6, 6.07) is 12.5. The van der Waals surface area contributed by atoms with E-state index in [1.54, 1.807) is 25.3 Å². The number of anilines is 1. The van der Waals surface area contributed by atoms with Gasteiger partial charge in [0.25, 0.3) is 0 Å². The van der Waals surface area contributed by atoms with Gasteiger partial charge in [0.15, 0.2) is 17.3 Å². The highest BCUT2D eigenvalue weighted by Gasteiger charge is 2.33. The van der Waals surface area contributed by atoms with Crippen LogP contribution < -0.4 is 14.4 Å². The van der Waals surface area contributed by atoms with Crippen molar-refractivity contribution >= 4 is 11.5 Å². The molecule has 0 radical (unpaired) electrons. The van der Waals surface area contributed by atoms with Crippen LogP contribution in [0, 0.1) is 0 Å². The van der Waals surface area contributed by atoms with Gasteiger partial charge in [-0.1, -0.05) is 24.3 Å². The van der Waals surface area contributed by atoms with Crippen LogP contribution in [0.25, 0.3) is 0 Å². The first kappa shape index (κ1) is 14.6. The Morgan fingerprint density at radius 2 is 1.96 bits per heavy atom. The first-order valence-electron chi connectivity index (χ1n) is 7.81. The van der Waals surface area contributed by atoms with Crippen molar-refractivity contribution in [2.24, 2.45) is 0 Å². The number of allylic oxidation sites excluding steroid dienone is 1. The molecule has 1 N–H and O–H groups in total. The lowest BCUT2D eigenvalue weighted by molar-refractivity contribution is -0.116. The minimum Gasteiger partial charge on any atom is -0.506 e. The van der Waals surface area contributed by atoms with Crippen LogP contribution in [0.3, 0.4) is 0 Å². The Kier molecular flexibility index (Phi) is 3.41. The van der Waals surface area contributed by atoms with Gasteiger partial charge in [-0.3, -0.25) is 4.79 Å². The fourth-order valence-electron chi connectivity index (χ4n) is 3.20. The molecular formula is C19H17NO4. The molecule has 2 aliphatic rings. The van der Waals surface area contributed by atoms with Crippen LogP contribution in [0.2, 0.25) is 0 Å². The number of Topliss-reactive ketones (excluding diaryl/α,β-unsaturated/α-hetero) is 1. The first-order chi connectivity index (χ1) is 11.6. The van der Waals surface area contributed by atoms with Crippen molar-refractivity contribution in [2.45, 2.75) is 19.4 Å². The van der Waals surface area contributed by atoms with Crippen molar-refractivity contribution in [3.8, 4) is 17.2 Å². The van der Waals surface area contributed by atoms with E-state index in [1.165, 1.54) is 0 Å². The minimum absolute atomic E-state index is 0.0863. The minimum atomic E-state index is -0.258. The second kappa shape index (κ2) is 5.60. The number of aromatic hydroxyl groups is 1. The SMILES string of the molecule is CC1=CN(c2ccccc2O)[C@H](c2cccc3c2OCO3)CC1=O. The number of fused-ring (bicyclic) bond motifs is 1. The monoisotopic (exact) mass is 323 g/mol. The predicted octanol–water partition coefficient (Wildman–Crippen LogP) is 3.55. The maximum atomic E-state index is 12.3. The van der Waals surface area contributed by atoms with E-state index in [4.69, 9.17) is 9.47 Å². The smallest absolute Gasteiger partial charge is 0.231 e. The van der Waals surface area contributed by atoms with Gasteiger partial charge in [-0.2, -0.15) is 0 Å². The molecule has 2 aliphatic heterocycles. The van der Waals surface area contributed by atoms with Crippen LogP contribution in [-0.4, -0.2) is 17.7 Å². The second-order valence-electron chi connectivity index (χ2n) is 5.93. The molecule has 4 rings (SSSR count). The molecule has 0 unspecified atom stereocenters. The van der Waals surface area contributed by atoms with Crippen molar-refractivity contribution < 1.29 is 19.4 Å². The average molecular weight is 323 g/mol. The van der Waals surface area contributed by atoms with E-state index in [1.807, 2.05) is 35.2 Å². The van der Waals surface area contributed by atoms with Crippen LogP contribution in [0.4, 0.5) is 5.69 Å². The van der Waals surface area contributed by atoms with Gasteiger partial charge in [0.2, 0.25) is 6.79 Å². The molecule has 0 fully saturated rings. The van der Waals surface area contributed by atoms with Crippen LogP contribution in [0.1, 0.15) is 24.9 Å². The van der Waals surface area contributed by atoms with Crippen molar-refractivity contribution in [1.29, 1.82) is 0 Å². The number of carbonyl (C=O) groups is 1. The molecule has 0 spiro atoms. The predicted molar refractivity (Wildman–Crippen MR) is 89.3 cm³/mol. The van der Waals surface area contributed by atoms with Gasteiger partial charge in [0, 0.05) is 23.8 Å². The molecule has 5 heteroatoms. The molecule has 0 saturated heterocycles. The van der Waals surface area contributed by atoms with Crippen molar-refractivity contribution in [3.63, 3.8) is 0 Å². The fourth-order valence-corrected chi connectivity index (χ4v) is 3.20. The summed E-state index contributed by atoms with van der Waals surface area (Å²) in [5.74, 6) is 1.61. The molecule has 1 atom stereocenters. The van der Waals surface area contributed by atoms with E-state index in [0.717, 1.165) is 5.56 Å². The summed E-state index contributed by atoms with van der Waals surface area (Å²) in [5.41, 5.74) is 2.20. The second-order valence-corrected chi connectivity index (χ2v) is 5.93. The van der Waals surface area contributed by atoms with E-state index in [0.29, 0.717) is 29.2 Å². The number of ether oxygens (including phenoxy) is 2. The number of phenolic OH excluding ortho intramolecular Hbond substituents is 1. The van der Waals surface area contributed by atoms with E-state index in [9.17, 15) is 9.90 Å². The fraction of sp³-hybridized carbons (Fsp3) is 0.211. The van der Waals surface area contributed by atoms with Gasteiger partial charge in [-0.05, 0) is 25.1 Å². The van der Waals surface area contributed by atoms with Crippen molar-refractivity contribution in [1.82, 2.24) is 0 Å². The third-order valence-electron chi connectivity index (χ3n) is 4.43. The molecule has 0 amide bonds. The summed E-state index contributed by atoms with van der Waals surface area (Å²) in [7, 11) is 0. The van der Waals surface area contributed by atoms with Crippen molar-refractivity contribution in [3.05, 3.63) is 59.8 Å². The van der Waals surface area contributed by atoms with Gasteiger partial charge in [0.05, 0.1) is 11.7 Å². The highest BCUT2D eigenvalue weighted by molar-refractivity contribution is 5.97. The number of carbonyl (C=O) groups excluding carboxylic acids is 1. The number of para-hydroxylation sites is 3.